The maximum Gasteiger partial charge on any atom is 0.220 e. The van der Waals surface area contributed by atoms with E-state index in [4.69, 9.17) is 28.4 Å². The fraction of sp³-hybridized carbons (Fsp3) is 0.929. The van der Waals surface area contributed by atoms with Crippen LogP contribution in [0.4, 0.5) is 0 Å². The summed E-state index contributed by atoms with van der Waals surface area (Å²) in [6.45, 7) is 1.80. The second kappa shape index (κ2) is 52.5. The molecule has 0 aromatic heterocycles. The number of aliphatic hydroxyl groups is 11. The molecule has 3 heterocycles. The summed E-state index contributed by atoms with van der Waals surface area (Å²) >= 11 is 0. The first kappa shape index (κ1) is 81.5. The predicted octanol–water partition coefficient (Wildman–Crippen LogP) is 9.83. The molecule has 0 spiro atoms. The highest BCUT2D eigenvalue weighted by molar-refractivity contribution is 5.76. The Labute approximate surface area is 537 Å². The van der Waals surface area contributed by atoms with Crippen molar-refractivity contribution in [2.24, 2.45) is 0 Å². The molecule has 17 atom stereocenters. The molecule has 3 saturated heterocycles. The predicted molar refractivity (Wildman–Crippen MR) is 346 cm³/mol. The van der Waals surface area contributed by atoms with E-state index in [-0.39, 0.29) is 18.9 Å². The lowest BCUT2D eigenvalue weighted by molar-refractivity contribution is -0.379. The molecule has 3 aliphatic rings. The third kappa shape index (κ3) is 34.5. The van der Waals surface area contributed by atoms with Crippen molar-refractivity contribution in [3.05, 3.63) is 24.3 Å². The smallest absolute Gasteiger partial charge is 0.220 e. The highest BCUT2D eigenvalue weighted by atomic mass is 16.8. The van der Waals surface area contributed by atoms with Crippen LogP contribution in [0.25, 0.3) is 0 Å². The van der Waals surface area contributed by atoms with Crippen LogP contribution in [0.2, 0.25) is 0 Å². The maximum atomic E-state index is 13.4. The summed E-state index contributed by atoms with van der Waals surface area (Å²) in [7, 11) is 0. The van der Waals surface area contributed by atoms with Gasteiger partial charge in [0.2, 0.25) is 5.91 Å². The molecule has 3 rings (SSSR count). The van der Waals surface area contributed by atoms with Gasteiger partial charge >= 0.3 is 0 Å². The fourth-order valence-corrected chi connectivity index (χ4v) is 12.4. The maximum absolute atomic E-state index is 13.4. The molecule has 0 bridgehead atoms. The van der Waals surface area contributed by atoms with Crippen LogP contribution in [-0.2, 0) is 33.2 Å². The molecule has 89 heavy (non-hydrogen) atoms. The topological polar surface area (TPSA) is 307 Å². The van der Waals surface area contributed by atoms with Gasteiger partial charge in [-0.1, -0.05) is 256 Å². The van der Waals surface area contributed by atoms with Crippen molar-refractivity contribution >= 4 is 5.91 Å². The van der Waals surface area contributed by atoms with Gasteiger partial charge in [-0.25, -0.2) is 0 Å². The summed E-state index contributed by atoms with van der Waals surface area (Å²) in [5.41, 5.74) is 0. The third-order valence-corrected chi connectivity index (χ3v) is 18.3. The van der Waals surface area contributed by atoms with Crippen LogP contribution >= 0.6 is 0 Å². The lowest BCUT2D eigenvalue weighted by atomic mass is 9.96. The Morgan fingerprint density at radius 2 is 0.742 bits per heavy atom. The van der Waals surface area contributed by atoms with Crippen LogP contribution in [0.1, 0.15) is 284 Å². The molecule has 0 aliphatic carbocycles. The van der Waals surface area contributed by atoms with Crippen LogP contribution in [0.15, 0.2) is 24.3 Å². The summed E-state index contributed by atoms with van der Waals surface area (Å²) in [5, 5.41) is 121. The number of nitrogens with one attached hydrogen (secondary N) is 1. The highest BCUT2D eigenvalue weighted by Crippen LogP contribution is 2.33. The first-order valence-electron chi connectivity index (χ1n) is 36.1. The number of hydrogen-bond donors (Lipinski definition) is 12. The molecular formula is C70H131NO18. The number of carbonyl (C=O) groups is 1. The van der Waals surface area contributed by atoms with Gasteiger partial charge in [0, 0.05) is 6.42 Å². The number of carbonyl (C=O) groups excluding carboxylic acids is 1. The van der Waals surface area contributed by atoms with Gasteiger partial charge in [0.15, 0.2) is 18.9 Å². The summed E-state index contributed by atoms with van der Waals surface area (Å²) in [6.07, 6.45) is 32.7. The normalized spacial score (nSPS) is 28.3. The molecular weight excluding hydrogens is 1140 g/mol. The number of rotatable bonds is 56. The van der Waals surface area contributed by atoms with Crippen molar-refractivity contribution in [2.75, 3.05) is 26.4 Å². The van der Waals surface area contributed by atoms with Crippen LogP contribution in [0, 0.1) is 0 Å². The zero-order chi connectivity index (χ0) is 64.7. The molecule has 0 aromatic rings. The largest absolute Gasteiger partial charge is 0.394 e. The molecule has 17 unspecified atom stereocenters. The lowest BCUT2D eigenvalue weighted by Gasteiger charge is -2.48. The van der Waals surface area contributed by atoms with Gasteiger partial charge in [0.1, 0.15) is 73.2 Å². The van der Waals surface area contributed by atoms with Crippen LogP contribution in [-0.4, -0.2) is 193 Å². The minimum atomic E-state index is -1.97. The van der Waals surface area contributed by atoms with E-state index in [1.54, 1.807) is 0 Å². The molecule has 12 N–H and O–H groups in total. The summed E-state index contributed by atoms with van der Waals surface area (Å²) in [5.74, 6) is -0.253. The second-order valence-corrected chi connectivity index (χ2v) is 26.1. The summed E-state index contributed by atoms with van der Waals surface area (Å²) in [6, 6.07) is -0.894. The van der Waals surface area contributed by atoms with E-state index < -0.39 is 124 Å². The van der Waals surface area contributed by atoms with Crippen LogP contribution < -0.4 is 5.32 Å². The Morgan fingerprint density at radius 1 is 0.404 bits per heavy atom. The molecule has 3 fully saturated rings. The van der Waals surface area contributed by atoms with Crippen LogP contribution in [0.5, 0.6) is 0 Å². The zero-order valence-electron chi connectivity index (χ0n) is 55.4. The van der Waals surface area contributed by atoms with Gasteiger partial charge in [-0.05, 0) is 44.9 Å². The Hall–Kier alpha value is -1.73. The average molecular weight is 1270 g/mol. The molecule has 19 nitrogen and oxygen atoms in total. The van der Waals surface area contributed by atoms with Crippen molar-refractivity contribution in [3.8, 4) is 0 Å². The van der Waals surface area contributed by atoms with Crippen LogP contribution in [0.3, 0.4) is 0 Å². The number of unbranched alkanes of at least 4 members (excludes halogenated alkanes) is 36. The Bertz CT molecular complexity index is 1710. The van der Waals surface area contributed by atoms with E-state index in [0.29, 0.717) is 12.8 Å². The second-order valence-electron chi connectivity index (χ2n) is 26.1. The molecule has 3 aliphatic heterocycles. The average Bonchev–Trinajstić information content (AvgIpc) is 2.43. The molecule has 19 heteroatoms. The number of allylic oxidation sites excluding steroid dienone is 4. The summed E-state index contributed by atoms with van der Waals surface area (Å²) in [4.78, 5) is 13.4. The van der Waals surface area contributed by atoms with E-state index in [1.165, 1.54) is 180 Å². The number of amides is 1. The van der Waals surface area contributed by atoms with E-state index in [1.807, 2.05) is 0 Å². The van der Waals surface area contributed by atoms with Crippen molar-refractivity contribution < 1.29 is 89.4 Å². The Morgan fingerprint density at radius 3 is 1.16 bits per heavy atom. The monoisotopic (exact) mass is 1270 g/mol. The first-order chi connectivity index (χ1) is 43.3. The van der Waals surface area contributed by atoms with Crippen molar-refractivity contribution in [1.82, 2.24) is 5.32 Å². The highest BCUT2D eigenvalue weighted by Gasteiger charge is 2.53. The SMILES string of the molecule is CCCCCC/C=C\C/C=C\CCCCCCCC(=O)NC(COC1OC(CO)C(OC2OC(CO)C(OC3OC(CO)C(O)C(O)C3O)C(O)C2O)C(O)C1O)C(O)CCCCCCCCCCCCCCCCCCCCCCCCCCCCCC. The van der Waals surface area contributed by atoms with E-state index in [0.717, 1.165) is 70.6 Å². The van der Waals surface area contributed by atoms with Gasteiger partial charge in [0.05, 0.1) is 38.6 Å². The van der Waals surface area contributed by atoms with Gasteiger partial charge < -0.3 is 89.9 Å². The third-order valence-electron chi connectivity index (χ3n) is 18.3. The molecule has 1 amide bonds. The van der Waals surface area contributed by atoms with Gasteiger partial charge in [-0.15, -0.1) is 0 Å². The van der Waals surface area contributed by atoms with E-state index in [2.05, 4.69) is 43.5 Å². The van der Waals surface area contributed by atoms with Crippen molar-refractivity contribution in [2.45, 2.75) is 388 Å². The number of ether oxygens (including phenoxy) is 6. The Kier molecular flexibility index (Phi) is 48.1. The van der Waals surface area contributed by atoms with Gasteiger partial charge in [-0.2, -0.15) is 0 Å². The van der Waals surface area contributed by atoms with E-state index in [9.17, 15) is 61.0 Å². The molecule has 524 valence electrons. The van der Waals surface area contributed by atoms with Gasteiger partial charge in [-0.3, -0.25) is 4.79 Å². The minimum absolute atomic E-state index is 0.252. The minimum Gasteiger partial charge on any atom is -0.394 e. The lowest BCUT2D eigenvalue weighted by Crippen LogP contribution is -2.66. The Balaban J connectivity index is 1.40. The number of aliphatic hydroxyl groups excluding tert-OH is 11. The molecule has 0 aromatic carbocycles. The van der Waals surface area contributed by atoms with Gasteiger partial charge in [0.25, 0.3) is 0 Å². The summed E-state index contributed by atoms with van der Waals surface area (Å²) < 4.78 is 34.4. The van der Waals surface area contributed by atoms with Crippen molar-refractivity contribution in [3.63, 3.8) is 0 Å². The first-order valence-corrected chi connectivity index (χ1v) is 36.1. The quantitative estimate of drug-likeness (QED) is 0.0199. The fourth-order valence-electron chi connectivity index (χ4n) is 12.4. The standard InChI is InChI=1S/C70H131NO18/c1-3-5-7-9-11-13-15-17-19-21-22-23-24-25-26-27-28-29-30-31-32-33-35-37-39-41-43-45-47-54(75)53(71-58(76)48-46-44-42-40-38-36-34-20-18-16-14-12-10-8-6-4-2)52-84-68-64(82)61(79)66(56(50-73)86-68)89-70-65(83)62(80)67(57(51-74)87-70)88-69-63(81)60(78)59(77)55(49-72)85-69/h14,16,20,34,53-57,59-70,72-75,77-83H,3-13,15,17-19,21-33,35-52H2,1-2H3,(H,71,76)/b16-14-,34-20-. The zero-order valence-corrected chi connectivity index (χ0v) is 55.4. The molecule has 0 saturated carbocycles. The molecule has 0 radical (unpaired) electrons. The van der Waals surface area contributed by atoms with Crippen molar-refractivity contribution in [1.29, 1.82) is 0 Å². The van der Waals surface area contributed by atoms with E-state index >= 15 is 0 Å². The number of hydrogen-bond acceptors (Lipinski definition) is 18.